The van der Waals surface area contributed by atoms with E-state index in [-0.39, 0.29) is 22.8 Å². The molecule has 0 radical (unpaired) electrons. The lowest BCUT2D eigenvalue weighted by molar-refractivity contribution is -0.294. The molecule has 10 heteroatoms. The van der Waals surface area contributed by atoms with Crippen molar-refractivity contribution in [2.75, 3.05) is 13.2 Å². The minimum atomic E-state index is -5.83. The van der Waals surface area contributed by atoms with Gasteiger partial charge in [-0.25, -0.2) is 4.79 Å². The third-order valence-electron chi connectivity index (χ3n) is 5.45. The van der Waals surface area contributed by atoms with Gasteiger partial charge in [0.2, 0.25) is 0 Å². The van der Waals surface area contributed by atoms with Crippen molar-refractivity contribution < 1.29 is 45.8 Å². The molecular weight excluding hydrogens is 463 g/mol. The summed E-state index contributed by atoms with van der Waals surface area (Å²) in [5.74, 6) is -6.92. The van der Waals surface area contributed by atoms with Gasteiger partial charge in [0.25, 0.3) is 0 Å². The molecule has 2 rings (SSSR count). The van der Waals surface area contributed by atoms with Gasteiger partial charge in [-0.2, -0.15) is 22.0 Å². The quantitative estimate of drug-likeness (QED) is 0.221. The first-order chi connectivity index (χ1) is 15.7. The average molecular weight is 490 g/mol. The molecule has 0 aliphatic heterocycles. The van der Waals surface area contributed by atoms with Crippen LogP contribution in [0.1, 0.15) is 40.5 Å². The highest BCUT2D eigenvalue weighted by Gasteiger charge is 2.58. The van der Waals surface area contributed by atoms with Gasteiger partial charge >= 0.3 is 24.0 Å². The highest BCUT2D eigenvalue weighted by atomic mass is 19.4. The number of carbonyl (C=O) groups is 2. The zero-order chi connectivity index (χ0) is 25.7. The van der Waals surface area contributed by atoms with Crippen molar-refractivity contribution in [3.63, 3.8) is 0 Å². The molecule has 0 aliphatic rings. The van der Waals surface area contributed by atoms with Crippen molar-refractivity contribution in [3.8, 4) is 11.5 Å². The van der Waals surface area contributed by atoms with Crippen LogP contribution < -0.4 is 9.47 Å². The lowest BCUT2D eigenvalue weighted by atomic mass is 9.81. The molecular formula is C24H27F5O5. The van der Waals surface area contributed by atoms with Crippen molar-refractivity contribution in [1.82, 2.24) is 0 Å². The second-order valence-corrected chi connectivity index (χ2v) is 8.80. The Labute approximate surface area is 194 Å². The first-order valence-electron chi connectivity index (χ1n) is 10.6. The van der Waals surface area contributed by atoms with Crippen molar-refractivity contribution >= 4 is 22.7 Å². The maximum Gasteiger partial charge on any atom is 0.456 e. The molecule has 0 N–H and O–H groups in total. The standard InChI is InChI=1S/C24H27F5O5/c1-5-22(3,4)12-15(2)21(31)34-19-11-7-8-16-17(19)9-6-10-18(16)32-13-20(30)33-14-23(25,26)24(27,28)29/h6-11,15H,5,12-14H2,1-4H3. The van der Waals surface area contributed by atoms with E-state index in [0.29, 0.717) is 17.2 Å². The number of carbonyl (C=O) groups excluding carboxylic acids is 2. The van der Waals surface area contributed by atoms with E-state index in [4.69, 9.17) is 9.47 Å². The number of fused-ring (bicyclic) bond motifs is 1. The highest BCUT2D eigenvalue weighted by Crippen LogP contribution is 2.36. The summed E-state index contributed by atoms with van der Waals surface area (Å²) in [7, 11) is 0. The number of halogens is 5. The zero-order valence-electron chi connectivity index (χ0n) is 19.3. The maximum atomic E-state index is 12.9. The topological polar surface area (TPSA) is 61.8 Å². The zero-order valence-corrected chi connectivity index (χ0v) is 19.3. The molecule has 1 atom stereocenters. The van der Waals surface area contributed by atoms with E-state index in [1.54, 1.807) is 37.3 Å². The molecule has 0 aliphatic carbocycles. The minimum Gasteiger partial charge on any atom is -0.481 e. The number of ether oxygens (including phenoxy) is 3. The third-order valence-corrected chi connectivity index (χ3v) is 5.45. The van der Waals surface area contributed by atoms with Crippen molar-refractivity contribution in [2.24, 2.45) is 11.3 Å². The van der Waals surface area contributed by atoms with Crippen LogP contribution in [-0.4, -0.2) is 37.3 Å². The van der Waals surface area contributed by atoms with Gasteiger partial charge in [0.05, 0.1) is 5.92 Å². The van der Waals surface area contributed by atoms with Crippen LogP contribution in [0.3, 0.4) is 0 Å². The van der Waals surface area contributed by atoms with Gasteiger partial charge in [-0.05, 0) is 24.0 Å². The Morgan fingerprint density at radius 3 is 2.06 bits per heavy atom. The van der Waals surface area contributed by atoms with Crippen LogP contribution in [0.15, 0.2) is 36.4 Å². The molecule has 0 amide bonds. The minimum absolute atomic E-state index is 0.0309. The Hall–Kier alpha value is -2.91. The monoisotopic (exact) mass is 490 g/mol. The number of alkyl halides is 5. The van der Waals surface area contributed by atoms with Gasteiger partial charge < -0.3 is 14.2 Å². The van der Waals surface area contributed by atoms with E-state index in [0.717, 1.165) is 6.42 Å². The lowest BCUT2D eigenvalue weighted by Crippen LogP contribution is -2.41. The van der Waals surface area contributed by atoms with Gasteiger partial charge in [0.1, 0.15) is 11.5 Å². The summed E-state index contributed by atoms with van der Waals surface area (Å²) >= 11 is 0. The number of esters is 2. The molecule has 0 saturated carbocycles. The molecule has 0 heterocycles. The first-order valence-corrected chi connectivity index (χ1v) is 10.6. The second kappa shape index (κ2) is 10.6. The normalized spacial score (nSPS) is 13.4. The molecule has 5 nitrogen and oxygen atoms in total. The van der Waals surface area contributed by atoms with E-state index in [1.807, 2.05) is 6.92 Å². The molecule has 0 fully saturated rings. The molecule has 2 aromatic carbocycles. The molecule has 188 valence electrons. The van der Waals surface area contributed by atoms with Crippen molar-refractivity contribution in [3.05, 3.63) is 36.4 Å². The van der Waals surface area contributed by atoms with Crippen LogP contribution in [0, 0.1) is 11.3 Å². The number of hydrogen-bond acceptors (Lipinski definition) is 5. The van der Waals surface area contributed by atoms with Crippen LogP contribution in [0.5, 0.6) is 11.5 Å². The van der Waals surface area contributed by atoms with Gasteiger partial charge in [0.15, 0.2) is 13.2 Å². The lowest BCUT2D eigenvalue weighted by Gasteiger charge is -2.25. The second-order valence-electron chi connectivity index (χ2n) is 8.80. The Kier molecular flexibility index (Phi) is 8.50. The molecule has 0 spiro atoms. The fraction of sp³-hybridized carbons (Fsp3) is 0.500. The summed E-state index contributed by atoms with van der Waals surface area (Å²) in [4.78, 5) is 24.3. The Balaban J connectivity index is 2.09. The molecule has 2 aromatic rings. The Morgan fingerprint density at radius 2 is 1.50 bits per heavy atom. The number of rotatable bonds is 10. The predicted octanol–water partition coefficient (Wildman–Crippen LogP) is 6.33. The summed E-state index contributed by atoms with van der Waals surface area (Å²) in [6.07, 6.45) is -4.30. The smallest absolute Gasteiger partial charge is 0.456 e. The van der Waals surface area contributed by atoms with E-state index in [9.17, 15) is 31.5 Å². The predicted molar refractivity (Wildman–Crippen MR) is 115 cm³/mol. The van der Waals surface area contributed by atoms with Crippen LogP contribution >= 0.6 is 0 Å². The van der Waals surface area contributed by atoms with E-state index >= 15 is 0 Å². The van der Waals surface area contributed by atoms with E-state index < -0.39 is 37.3 Å². The summed E-state index contributed by atoms with van der Waals surface area (Å²) in [6, 6.07) is 9.50. The fourth-order valence-corrected chi connectivity index (χ4v) is 3.16. The Morgan fingerprint density at radius 1 is 0.941 bits per heavy atom. The summed E-state index contributed by atoms with van der Waals surface area (Å²) in [6.45, 7) is 4.93. The van der Waals surface area contributed by atoms with E-state index in [2.05, 4.69) is 18.6 Å². The van der Waals surface area contributed by atoms with Gasteiger partial charge in [0, 0.05) is 10.8 Å². The van der Waals surface area contributed by atoms with Crippen LogP contribution in [-0.2, 0) is 14.3 Å². The third kappa shape index (κ3) is 7.04. The number of hydrogen-bond donors (Lipinski definition) is 0. The Bertz CT molecular complexity index is 1020. The molecule has 0 aromatic heterocycles. The van der Waals surface area contributed by atoms with Crippen LogP contribution in [0.2, 0.25) is 0 Å². The molecule has 34 heavy (non-hydrogen) atoms. The highest BCUT2D eigenvalue weighted by molar-refractivity contribution is 5.94. The van der Waals surface area contributed by atoms with Crippen LogP contribution in [0.4, 0.5) is 22.0 Å². The fourth-order valence-electron chi connectivity index (χ4n) is 3.16. The largest absolute Gasteiger partial charge is 0.481 e. The van der Waals surface area contributed by atoms with Crippen LogP contribution in [0.25, 0.3) is 10.8 Å². The van der Waals surface area contributed by atoms with Gasteiger partial charge in [-0.3, -0.25) is 4.79 Å². The summed E-state index contributed by atoms with van der Waals surface area (Å²) in [5.41, 5.74) is -0.0309. The molecule has 0 bridgehead atoms. The van der Waals surface area contributed by atoms with Gasteiger partial charge in [-0.1, -0.05) is 58.4 Å². The first kappa shape index (κ1) is 27.3. The van der Waals surface area contributed by atoms with Gasteiger partial charge in [-0.15, -0.1) is 0 Å². The number of benzene rings is 2. The molecule has 1 unspecified atom stereocenters. The summed E-state index contributed by atoms with van der Waals surface area (Å²) < 4.78 is 77.2. The van der Waals surface area contributed by atoms with Crippen molar-refractivity contribution in [1.29, 1.82) is 0 Å². The maximum absolute atomic E-state index is 12.9. The van der Waals surface area contributed by atoms with Crippen molar-refractivity contribution in [2.45, 2.75) is 52.6 Å². The summed E-state index contributed by atoms with van der Waals surface area (Å²) in [5, 5.41) is 0.940. The average Bonchev–Trinajstić information content (AvgIpc) is 2.75. The SMILES string of the molecule is CCC(C)(C)CC(C)C(=O)Oc1cccc2c(OCC(=O)OCC(F)(F)C(F)(F)F)cccc12. The molecule has 0 saturated heterocycles. The van der Waals surface area contributed by atoms with E-state index in [1.165, 1.54) is 6.07 Å².